The molecule has 1 saturated heterocycles. The topological polar surface area (TPSA) is 94.8 Å². The predicted octanol–water partition coefficient (Wildman–Crippen LogP) is 3.05. The van der Waals surface area contributed by atoms with E-state index in [-0.39, 0.29) is 12.4 Å². The lowest BCUT2D eigenvalue weighted by Gasteiger charge is -2.39. The summed E-state index contributed by atoms with van der Waals surface area (Å²) in [5, 5.41) is 11.1. The van der Waals surface area contributed by atoms with Crippen molar-refractivity contribution in [3.8, 4) is 5.75 Å². The number of benzene rings is 2. The van der Waals surface area contributed by atoms with E-state index in [1.807, 2.05) is 42.6 Å². The molecule has 1 atom stereocenters. The van der Waals surface area contributed by atoms with Gasteiger partial charge in [-0.3, -0.25) is 9.69 Å². The highest BCUT2D eigenvalue weighted by molar-refractivity contribution is 5.86. The molecule has 1 aliphatic heterocycles. The lowest BCUT2D eigenvalue weighted by atomic mass is 10.0. The number of halogens is 1. The fourth-order valence-electron chi connectivity index (χ4n) is 4.28. The maximum Gasteiger partial charge on any atom is 0.325 e. The van der Waals surface area contributed by atoms with E-state index in [1.165, 1.54) is 0 Å². The number of nitrogens with zero attached hydrogens (tertiary/aromatic N) is 2. The van der Waals surface area contributed by atoms with Crippen molar-refractivity contribution in [3.63, 3.8) is 0 Å². The van der Waals surface area contributed by atoms with Crippen LogP contribution in [0.3, 0.4) is 0 Å². The Morgan fingerprint density at radius 2 is 1.97 bits per heavy atom. The number of H-pyrrole nitrogens is 1. The molecule has 2 heterocycles. The maximum absolute atomic E-state index is 12.2. The Morgan fingerprint density at radius 1 is 1.19 bits per heavy atom. The molecule has 8 heteroatoms. The number of nitrogens with two attached hydrogens (primary N) is 1. The minimum absolute atomic E-state index is 0. The number of carbonyl (C=O) groups is 1. The monoisotopic (exact) mass is 444 g/mol. The molecule has 0 spiro atoms. The molecule has 0 radical (unpaired) electrons. The van der Waals surface area contributed by atoms with E-state index in [0.29, 0.717) is 19.6 Å². The lowest BCUT2D eigenvalue weighted by Crippen LogP contribution is -2.49. The van der Waals surface area contributed by atoms with Gasteiger partial charge in [-0.1, -0.05) is 12.1 Å². The van der Waals surface area contributed by atoms with Crippen LogP contribution in [0.4, 0.5) is 5.69 Å². The van der Waals surface area contributed by atoms with Gasteiger partial charge in [-0.2, -0.15) is 0 Å². The van der Waals surface area contributed by atoms with E-state index in [4.69, 9.17) is 10.5 Å². The number of hydrogen-bond acceptors (Lipinski definition) is 5. The second-order valence-corrected chi connectivity index (χ2v) is 7.62. The lowest BCUT2D eigenvalue weighted by molar-refractivity contribution is -0.143. The number of carboxylic acids is 1. The van der Waals surface area contributed by atoms with Gasteiger partial charge in [-0.15, -0.1) is 12.4 Å². The molecule has 166 valence electrons. The van der Waals surface area contributed by atoms with Gasteiger partial charge in [0.05, 0.1) is 7.11 Å². The van der Waals surface area contributed by atoms with Crippen molar-refractivity contribution >= 4 is 35.0 Å². The summed E-state index contributed by atoms with van der Waals surface area (Å²) < 4.78 is 5.32. The van der Waals surface area contributed by atoms with Crippen LogP contribution in [0, 0.1) is 0 Å². The number of carboxylic acid groups (broad SMARTS) is 1. The van der Waals surface area contributed by atoms with Gasteiger partial charge in [0.15, 0.2) is 0 Å². The molecule has 1 unspecified atom stereocenters. The Balaban J connectivity index is 0.00000272. The fraction of sp³-hybridized carbons (Fsp3) is 0.348. The van der Waals surface area contributed by atoms with Crippen molar-refractivity contribution in [2.24, 2.45) is 5.73 Å². The zero-order chi connectivity index (χ0) is 21.1. The molecule has 7 nitrogen and oxygen atoms in total. The number of ether oxygens (including phenoxy) is 1. The van der Waals surface area contributed by atoms with Gasteiger partial charge in [0.25, 0.3) is 0 Å². The Morgan fingerprint density at radius 3 is 2.65 bits per heavy atom. The SMILES string of the molecule is COc1cccc(N2CCN(C(C(=O)O)c3ccc4[nH]cc(CCN)c4c3)CC2)c1.Cl. The quantitative estimate of drug-likeness (QED) is 0.518. The molecule has 1 aromatic heterocycles. The molecular formula is C23H29ClN4O3. The van der Waals surface area contributed by atoms with Crippen LogP contribution in [0.5, 0.6) is 5.75 Å². The number of aliphatic carboxylic acids is 1. The highest BCUT2D eigenvalue weighted by atomic mass is 35.5. The van der Waals surface area contributed by atoms with E-state index in [0.717, 1.165) is 53.0 Å². The van der Waals surface area contributed by atoms with Crippen molar-refractivity contribution in [2.45, 2.75) is 12.5 Å². The number of rotatable bonds is 7. The maximum atomic E-state index is 12.2. The number of anilines is 1. The summed E-state index contributed by atoms with van der Waals surface area (Å²) in [6, 6.07) is 13.2. The molecule has 0 amide bonds. The van der Waals surface area contributed by atoms with Gasteiger partial charge in [0.2, 0.25) is 0 Å². The molecule has 2 aromatic carbocycles. The van der Waals surface area contributed by atoms with Gasteiger partial charge in [-0.25, -0.2) is 0 Å². The average Bonchev–Trinajstić information content (AvgIpc) is 3.17. The molecular weight excluding hydrogens is 416 g/mol. The first kappa shape index (κ1) is 22.9. The van der Waals surface area contributed by atoms with Crippen molar-refractivity contribution in [1.82, 2.24) is 9.88 Å². The number of aromatic amines is 1. The highest BCUT2D eigenvalue weighted by Crippen LogP contribution is 2.29. The number of fused-ring (bicyclic) bond motifs is 1. The summed E-state index contributed by atoms with van der Waals surface area (Å²) in [5.41, 5.74) is 9.77. The first-order chi connectivity index (χ1) is 14.6. The second-order valence-electron chi connectivity index (χ2n) is 7.62. The molecule has 0 aliphatic carbocycles. The van der Waals surface area contributed by atoms with Gasteiger partial charge in [-0.05, 0) is 48.4 Å². The summed E-state index contributed by atoms with van der Waals surface area (Å²) in [5.74, 6) is 0.00604. The van der Waals surface area contributed by atoms with Gasteiger partial charge in [0, 0.05) is 55.0 Å². The minimum atomic E-state index is -0.819. The Bertz CT molecular complexity index is 1030. The summed E-state index contributed by atoms with van der Waals surface area (Å²) in [4.78, 5) is 19.8. The van der Waals surface area contributed by atoms with E-state index in [2.05, 4.69) is 20.9 Å². The van der Waals surface area contributed by atoms with Crippen LogP contribution in [0.1, 0.15) is 17.2 Å². The van der Waals surface area contributed by atoms with E-state index in [1.54, 1.807) is 7.11 Å². The van der Waals surface area contributed by atoms with E-state index >= 15 is 0 Å². The molecule has 0 bridgehead atoms. The number of piperazine rings is 1. The largest absolute Gasteiger partial charge is 0.497 e. The van der Waals surface area contributed by atoms with Gasteiger partial charge < -0.3 is 25.5 Å². The molecule has 3 aromatic rings. The zero-order valence-corrected chi connectivity index (χ0v) is 18.4. The van der Waals surface area contributed by atoms with Crippen molar-refractivity contribution in [2.75, 3.05) is 44.7 Å². The molecule has 4 rings (SSSR count). The van der Waals surface area contributed by atoms with E-state index in [9.17, 15) is 9.90 Å². The Labute approximate surface area is 188 Å². The highest BCUT2D eigenvalue weighted by Gasteiger charge is 2.30. The van der Waals surface area contributed by atoms with Crippen LogP contribution in [0.15, 0.2) is 48.7 Å². The van der Waals surface area contributed by atoms with Crippen LogP contribution in [-0.4, -0.2) is 60.8 Å². The predicted molar refractivity (Wildman–Crippen MR) is 125 cm³/mol. The third-order valence-corrected chi connectivity index (χ3v) is 5.85. The van der Waals surface area contributed by atoms with Gasteiger partial charge in [0.1, 0.15) is 11.8 Å². The molecule has 0 saturated carbocycles. The third kappa shape index (κ3) is 4.79. The number of methoxy groups -OCH3 is 1. The summed E-state index contributed by atoms with van der Waals surface area (Å²) in [6.07, 6.45) is 2.73. The third-order valence-electron chi connectivity index (χ3n) is 5.85. The molecule has 1 aliphatic rings. The van der Waals surface area contributed by atoms with E-state index < -0.39 is 12.0 Å². The molecule has 1 fully saturated rings. The van der Waals surface area contributed by atoms with Crippen LogP contribution in [0.2, 0.25) is 0 Å². The zero-order valence-electron chi connectivity index (χ0n) is 17.6. The first-order valence-electron chi connectivity index (χ1n) is 10.3. The molecule has 4 N–H and O–H groups in total. The first-order valence-corrected chi connectivity index (χ1v) is 10.3. The second kappa shape index (κ2) is 10.0. The number of aromatic nitrogens is 1. The summed E-state index contributed by atoms with van der Waals surface area (Å²) in [7, 11) is 1.66. The Hall–Kier alpha value is -2.74. The van der Waals surface area contributed by atoms with Crippen LogP contribution in [-0.2, 0) is 11.2 Å². The van der Waals surface area contributed by atoms with Crippen LogP contribution >= 0.6 is 12.4 Å². The van der Waals surface area contributed by atoms with Crippen LogP contribution < -0.4 is 15.4 Å². The molecule has 31 heavy (non-hydrogen) atoms. The van der Waals surface area contributed by atoms with Gasteiger partial charge >= 0.3 is 5.97 Å². The minimum Gasteiger partial charge on any atom is -0.497 e. The van der Waals surface area contributed by atoms with Crippen LogP contribution in [0.25, 0.3) is 10.9 Å². The fourth-order valence-corrected chi connectivity index (χ4v) is 4.28. The standard InChI is InChI=1S/C23H28N4O3.ClH/c1-30-19-4-2-3-18(14-19)26-9-11-27(12-10-26)22(23(28)29)16-5-6-21-20(13-16)17(7-8-24)15-25-21;/h2-6,13-15,22,25H,7-12,24H2,1H3,(H,28,29);1H. The number of nitrogens with one attached hydrogen (secondary N) is 1. The summed E-state index contributed by atoms with van der Waals surface area (Å²) >= 11 is 0. The number of hydrogen-bond donors (Lipinski definition) is 3. The smallest absolute Gasteiger partial charge is 0.325 e. The summed E-state index contributed by atoms with van der Waals surface area (Å²) in [6.45, 7) is 3.44. The Kier molecular flexibility index (Phi) is 7.43. The average molecular weight is 445 g/mol. The van der Waals surface area contributed by atoms with Crippen molar-refractivity contribution in [3.05, 3.63) is 59.8 Å². The normalized spacial score (nSPS) is 15.5. The van der Waals surface area contributed by atoms with Crippen molar-refractivity contribution in [1.29, 1.82) is 0 Å². The van der Waals surface area contributed by atoms with Crippen molar-refractivity contribution < 1.29 is 14.6 Å².